The zero-order valence-electron chi connectivity index (χ0n) is 7.16. The molecule has 0 spiro atoms. The first kappa shape index (κ1) is 8.43. The summed E-state index contributed by atoms with van der Waals surface area (Å²) >= 11 is 0. The van der Waals surface area contributed by atoms with E-state index < -0.39 is 0 Å². The molecule has 2 aromatic rings. The zero-order chi connectivity index (χ0) is 9.80. The molecule has 0 unspecified atom stereocenters. The summed E-state index contributed by atoms with van der Waals surface area (Å²) in [7, 11) is 0. The molecule has 0 aliphatic heterocycles. The van der Waals surface area contributed by atoms with E-state index in [4.69, 9.17) is 0 Å². The van der Waals surface area contributed by atoms with Crippen molar-refractivity contribution in [2.45, 2.75) is 0 Å². The fraction of sp³-hybridized carbons (Fsp3) is 0. The molecule has 0 saturated heterocycles. The summed E-state index contributed by atoms with van der Waals surface area (Å²) < 4.78 is 0. The van der Waals surface area contributed by atoms with Crippen molar-refractivity contribution in [1.82, 2.24) is 19.9 Å². The standard InChI is InChI=1S/C9H6N4O/c14-8(7-6-10-4-5-11-7)9-12-2-1-3-13-9/h1-6H. The predicted octanol–water partition coefficient (Wildman–Crippen LogP) is 0.498. The maximum Gasteiger partial charge on any atom is 0.250 e. The van der Waals surface area contributed by atoms with E-state index in [9.17, 15) is 4.79 Å². The molecular formula is C9H6N4O. The highest BCUT2D eigenvalue weighted by Crippen LogP contribution is 1.98. The number of carbonyl (C=O) groups is 1. The Morgan fingerprint density at radius 3 is 2.43 bits per heavy atom. The van der Waals surface area contributed by atoms with E-state index in [1.165, 1.54) is 31.0 Å². The first-order valence-electron chi connectivity index (χ1n) is 3.95. The molecule has 0 N–H and O–H groups in total. The van der Waals surface area contributed by atoms with E-state index >= 15 is 0 Å². The molecule has 0 aliphatic rings. The van der Waals surface area contributed by atoms with Crippen LogP contribution in [-0.2, 0) is 0 Å². The Bertz CT molecular complexity index is 388. The lowest BCUT2D eigenvalue weighted by Crippen LogP contribution is -2.08. The van der Waals surface area contributed by atoms with Crippen LogP contribution in [0.3, 0.4) is 0 Å². The quantitative estimate of drug-likeness (QED) is 0.638. The van der Waals surface area contributed by atoms with Crippen molar-refractivity contribution in [2.75, 3.05) is 0 Å². The van der Waals surface area contributed by atoms with Crippen molar-refractivity contribution >= 4 is 5.78 Å². The van der Waals surface area contributed by atoms with Crippen molar-refractivity contribution < 1.29 is 4.79 Å². The molecule has 0 aromatic carbocycles. The van der Waals surface area contributed by atoms with Crippen LogP contribution in [0.2, 0.25) is 0 Å². The fourth-order valence-corrected chi connectivity index (χ4v) is 0.947. The van der Waals surface area contributed by atoms with Crippen molar-refractivity contribution in [3.05, 3.63) is 48.6 Å². The molecule has 0 amide bonds. The highest BCUT2D eigenvalue weighted by molar-refractivity contribution is 6.04. The van der Waals surface area contributed by atoms with Gasteiger partial charge in [0.25, 0.3) is 0 Å². The largest absolute Gasteiger partial charge is 0.283 e. The highest BCUT2D eigenvalue weighted by atomic mass is 16.1. The number of carbonyl (C=O) groups excluding carboxylic acids is 1. The average molecular weight is 186 g/mol. The van der Waals surface area contributed by atoms with Crippen LogP contribution in [0.5, 0.6) is 0 Å². The van der Waals surface area contributed by atoms with Gasteiger partial charge in [-0.15, -0.1) is 0 Å². The van der Waals surface area contributed by atoms with Gasteiger partial charge in [-0.25, -0.2) is 15.0 Å². The van der Waals surface area contributed by atoms with Gasteiger partial charge in [-0.05, 0) is 6.07 Å². The van der Waals surface area contributed by atoms with Crippen LogP contribution in [0.15, 0.2) is 37.1 Å². The lowest BCUT2D eigenvalue weighted by Gasteiger charge is -1.95. The van der Waals surface area contributed by atoms with Crippen LogP contribution in [0.4, 0.5) is 0 Å². The summed E-state index contributed by atoms with van der Waals surface area (Å²) in [5.74, 6) is -0.188. The Balaban J connectivity index is 2.35. The third-order valence-electron chi connectivity index (χ3n) is 1.56. The van der Waals surface area contributed by atoms with Crippen LogP contribution in [0, 0.1) is 0 Å². The summed E-state index contributed by atoms with van der Waals surface area (Å²) in [6, 6.07) is 1.65. The first-order chi connectivity index (χ1) is 6.88. The van der Waals surface area contributed by atoms with Gasteiger partial charge in [0.15, 0.2) is 0 Å². The smallest absolute Gasteiger partial charge is 0.250 e. The van der Waals surface area contributed by atoms with Gasteiger partial charge in [-0.3, -0.25) is 9.78 Å². The summed E-state index contributed by atoms with van der Waals surface area (Å²) in [4.78, 5) is 26.9. The van der Waals surface area contributed by atoms with Crippen molar-refractivity contribution in [3.8, 4) is 0 Å². The minimum absolute atomic E-state index is 0.132. The second-order valence-corrected chi connectivity index (χ2v) is 2.49. The minimum atomic E-state index is -0.321. The van der Waals surface area contributed by atoms with Crippen LogP contribution in [0.1, 0.15) is 16.3 Å². The number of rotatable bonds is 2. The van der Waals surface area contributed by atoms with Gasteiger partial charge in [0.1, 0.15) is 5.69 Å². The third-order valence-corrected chi connectivity index (χ3v) is 1.56. The summed E-state index contributed by atoms with van der Waals surface area (Å²) in [6.45, 7) is 0. The van der Waals surface area contributed by atoms with Gasteiger partial charge in [0, 0.05) is 24.8 Å². The molecule has 14 heavy (non-hydrogen) atoms. The minimum Gasteiger partial charge on any atom is -0.283 e. The SMILES string of the molecule is O=C(c1cnccn1)c1ncccn1. The van der Waals surface area contributed by atoms with Gasteiger partial charge in [-0.1, -0.05) is 0 Å². The molecule has 0 aliphatic carbocycles. The van der Waals surface area contributed by atoms with E-state index in [0.29, 0.717) is 0 Å². The van der Waals surface area contributed by atoms with E-state index in [1.54, 1.807) is 6.07 Å². The molecule has 2 heterocycles. The van der Waals surface area contributed by atoms with Gasteiger partial charge in [0.2, 0.25) is 11.6 Å². The van der Waals surface area contributed by atoms with Crippen LogP contribution >= 0.6 is 0 Å². The molecular weight excluding hydrogens is 180 g/mol. The summed E-state index contributed by atoms with van der Waals surface area (Å²) in [5, 5.41) is 0. The number of ketones is 1. The van der Waals surface area contributed by atoms with Crippen molar-refractivity contribution in [2.24, 2.45) is 0 Å². The van der Waals surface area contributed by atoms with E-state index in [1.807, 2.05) is 0 Å². The van der Waals surface area contributed by atoms with Gasteiger partial charge in [-0.2, -0.15) is 0 Å². The van der Waals surface area contributed by atoms with Crippen molar-refractivity contribution in [1.29, 1.82) is 0 Å². The van der Waals surface area contributed by atoms with E-state index in [-0.39, 0.29) is 17.3 Å². The molecule has 2 rings (SSSR count). The predicted molar refractivity (Wildman–Crippen MR) is 47.5 cm³/mol. The van der Waals surface area contributed by atoms with E-state index in [0.717, 1.165) is 0 Å². The second kappa shape index (κ2) is 3.69. The molecule has 0 fully saturated rings. The first-order valence-corrected chi connectivity index (χ1v) is 3.95. The Hall–Kier alpha value is -2.17. The molecule has 5 heteroatoms. The van der Waals surface area contributed by atoms with E-state index in [2.05, 4.69) is 19.9 Å². The van der Waals surface area contributed by atoms with Crippen molar-refractivity contribution in [3.63, 3.8) is 0 Å². The summed E-state index contributed by atoms with van der Waals surface area (Å²) in [5.41, 5.74) is 0.249. The Kier molecular flexibility index (Phi) is 2.22. The van der Waals surface area contributed by atoms with Gasteiger partial charge in [0.05, 0.1) is 6.20 Å². The monoisotopic (exact) mass is 186 g/mol. The topological polar surface area (TPSA) is 68.6 Å². The molecule has 5 nitrogen and oxygen atoms in total. The Morgan fingerprint density at radius 1 is 1.00 bits per heavy atom. The zero-order valence-corrected chi connectivity index (χ0v) is 7.16. The molecule has 68 valence electrons. The maximum atomic E-state index is 11.6. The average Bonchev–Trinajstić information content (AvgIpc) is 2.30. The molecule has 0 bridgehead atoms. The second-order valence-electron chi connectivity index (χ2n) is 2.49. The van der Waals surface area contributed by atoms with Gasteiger partial charge >= 0.3 is 0 Å². The maximum absolute atomic E-state index is 11.6. The highest BCUT2D eigenvalue weighted by Gasteiger charge is 2.12. The van der Waals surface area contributed by atoms with Crippen LogP contribution in [0.25, 0.3) is 0 Å². The fourth-order valence-electron chi connectivity index (χ4n) is 0.947. The van der Waals surface area contributed by atoms with Crippen LogP contribution in [-0.4, -0.2) is 25.7 Å². The lowest BCUT2D eigenvalue weighted by molar-refractivity contribution is 0.102. The van der Waals surface area contributed by atoms with Gasteiger partial charge < -0.3 is 0 Å². The number of aromatic nitrogens is 4. The summed E-state index contributed by atoms with van der Waals surface area (Å²) in [6.07, 6.45) is 7.37. The number of nitrogens with zero attached hydrogens (tertiary/aromatic N) is 4. The Labute approximate surface area is 79.9 Å². The molecule has 0 radical (unpaired) electrons. The lowest BCUT2D eigenvalue weighted by atomic mass is 10.3. The third kappa shape index (κ3) is 1.61. The van der Waals surface area contributed by atoms with Crippen LogP contribution < -0.4 is 0 Å². The molecule has 0 saturated carbocycles. The number of hydrogen-bond donors (Lipinski definition) is 0. The normalized spacial score (nSPS) is 9.71. The molecule has 0 atom stereocenters. The number of hydrogen-bond acceptors (Lipinski definition) is 5. The Morgan fingerprint density at radius 2 is 1.79 bits per heavy atom. The molecule has 2 aromatic heterocycles.